The van der Waals surface area contributed by atoms with Crippen molar-refractivity contribution in [2.24, 2.45) is 5.16 Å². The van der Waals surface area contributed by atoms with Gasteiger partial charge in [0.2, 0.25) is 0 Å². The number of piperidine rings is 1. The lowest BCUT2D eigenvalue weighted by Gasteiger charge is -2.44. The van der Waals surface area contributed by atoms with Crippen molar-refractivity contribution in [2.45, 2.75) is 38.0 Å². The molecule has 6 heteroatoms. The molecule has 6 nitrogen and oxygen atoms in total. The van der Waals surface area contributed by atoms with Crippen molar-refractivity contribution >= 4 is 17.6 Å². The first-order valence-corrected chi connectivity index (χ1v) is 12.8. The quantitative estimate of drug-likeness (QED) is 0.351. The Hall–Kier alpha value is -3.74. The molecule has 3 aromatic rings. The van der Waals surface area contributed by atoms with Gasteiger partial charge in [-0.05, 0) is 34.9 Å². The molecular weight excluding hydrogens is 464 g/mol. The van der Waals surface area contributed by atoms with Gasteiger partial charge in [-0.25, -0.2) is 0 Å². The summed E-state index contributed by atoms with van der Waals surface area (Å²) in [6.07, 6.45) is 5.57. The maximum atomic E-state index is 11.5. The van der Waals surface area contributed by atoms with Crippen LogP contribution in [0.5, 0.6) is 5.75 Å². The summed E-state index contributed by atoms with van der Waals surface area (Å²) in [5, 5.41) is 13.6. The first-order valence-electron chi connectivity index (χ1n) is 12.8. The van der Waals surface area contributed by atoms with Crippen LogP contribution >= 0.6 is 0 Å². The zero-order valence-corrected chi connectivity index (χ0v) is 20.9. The van der Waals surface area contributed by atoms with E-state index < -0.39 is 6.61 Å². The maximum Gasteiger partial charge on any atom is 0.181 e. The van der Waals surface area contributed by atoms with Gasteiger partial charge in [-0.15, -0.1) is 0 Å². The normalized spacial score (nSPS) is 18.0. The van der Waals surface area contributed by atoms with E-state index in [-0.39, 0.29) is 11.4 Å². The third-order valence-corrected chi connectivity index (χ3v) is 7.01. The highest BCUT2D eigenvalue weighted by molar-refractivity contribution is 6.05. The zero-order chi connectivity index (χ0) is 25.5. The molecule has 3 aromatic carbocycles. The molecule has 5 rings (SSSR count). The van der Waals surface area contributed by atoms with E-state index in [1.807, 2.05) is 48.5 Å². The molecule has 0 radical (unpaired) electrons. The summed E-state index contributed by atoms with van der Waals surface area (Å²) in [6.45, 7) is 2.73. The third-order valence-electron chi connectivity index (χ3n) is 7.01. The minimum atomic E-state index is -0.506. The highest BCUT2D eigenvalue weighted by atomic mass is 16.6. The van der Waals surface area contributed by atoms with Crippen molar-refractivity contribution < 1.29 is 19.5 Å². The second kappa shape index (κ2) is 11.5. The number of aliphatic hydroxyl groups is 1. The third kappa shape index (κ3) is 6.34. The van der Waals surface area contributed by atoms with Crippen LogP contribution in [-0.2, 0) is 22.8 Å². The molecule has 1 spiro atoms. The van der Waals surface area contributed by atoms with Crippen molar-refractivity contribution in [1.29, 1.82) is 0 Å². The number of rotatable bonds is 8. The molecule has 1 fully saturated rings. The molecule has 2 aliphatic rings. The number of hydrogen-bond donors (Lipinski definition) is 1. The van der Waals surface area contributed by atoms with Crippen LogP contribution in [0.3, 0.4) is 0 Å². The smallest absolute Gasteiger partial charge is 0.181 e. The van der Waals surface area contributed by atoms with Gasteiger partial charge in [0.05, 0.1) is 5.71 Å². The van der Waals surface area contributed by atoms with Gasteiger partial charge >= 0.3 is 0 Å². The summed E-state index contributed by atoms with van der Waals surface area (Å²) < 4.78 is 6.66. The Morgan fingerprint density at radius 1 is 1.00 bits per heavy atom. The molecule has 2 aliphatic heterocycles. The van der Waals surface area contributed by atoms with E-state index in [1.165, 1.54) is 11.6 Å². The molecule has 37 heavy (non-hydrogen) atoms. The van der Waals surface area contributed by atoms with Crippen LogP contribution in [0.25, 0.3) is 6.08 Å². The van der Waals surface area contributed by atoms with E-state index in [0.717, 1.165) is 60.6 Å². The van der Waals surface area contributed by atoms with Crippen molar-refractivity contribution in [1.82, 2.24) is 4.90 Å². The summed E-state index contributed by atoms with van der Waals surface area (Å²) in [6, 6.07) is 26.4. The SMILES string of the molecule is O=C(/C=C/c1ccc2c(c1)/C(=N\OCc1ccccc1)CC1(CCN(Cc3ccccc3)CC1)O2)CO. The number of fused-ring (bicyclic) bond motifs is 1. The number of nitrogens with zero attached hydrogens (tertiary/aromatic N) is 2. The van der Waals surface area contributed by atoms with Crippen LogP contribution in [0.15, 0.2) is 90.1 Å². The number of benzene rings is 3. The van der Waals surface area contributed by atoms with Gasteiger partial charge in [-0.3, -0.25) is 9.69 Å². The summed E-state index contributed by atoms with van der Waals surface area (Å²) >= 11 is 0. The number of ketones is 1. The largest absolute Gasteiger partial charge is 0.486 e. The molecular formula is C31H32N2O4. The Kier molecular flexibility index (Phi) is 7.78. The van der Waals surface area contributed by atoms with Crippen LogP contribution in [0.2, 0.25) is 0 Å². The fraction of sp³-hybridized carbons (Fsp3) is 0.290. The van der Waals surface area contributed by atoms with Crippen molar-refractivity contribution in [3.8, 4) is 5.75 Å². The minimum absolute atomic E-state index is 0.320. The van der Waals surface area contributed by atoms with E-state index in [0.29, 0.717) is 13.0 Å². The number of oxime groups is 1. The van der Waals surface area contributed by atoms with Gasteiger partial charge < -0.3 is 14.7 Å². The highest BCUT2D eigenvalue weighted by Crippen LogP contribution is 2.40. The first-order chi connectivity index (χ1) is 18.1. The van der Waals surface area contributed by atoms with E-state index in [9.17, 15) is 4.79 Å². The summed E-state index contributed by atoms with van der Waals surface area (Å²) in [7, 11) is 0. The van der Waals surface area contributed by atoms with Crippen molar-refractivity contribution in [2.75, 3.05) is 19.7 Å². The predicted octanol–water partition coefficient (Wildman–Crippen LogP) is 5.00. The lowest BCUT2D eigenvalue weighted by Crippen LogP contribution is -2.50. The summed E-state index contributed by atoms with van der Waals surface area (Å²) in [5.41, 5.74) is 4.64. The number of likely N-dealkylation sites (tertiary alicyclic amines) is 1. The zero-order valence-electron chi connectivity index (χ0n) is 20.9. The van der Waals surface area contributed by atoms with Crippen molar-refractivity contribution in [3.63, 3.8) is 0 Å². The summed E-state index contributed by atoms with van der Waals surface area (Å²) in [4.78, 5) is 19.9. The van der Waals surface area contributed by atoms with E-state index in [2.05, 4.69) is 40.4 Å². The molecule has 0 aliphatic carbocycles. The molecule has 0 unspecified atom stereocenters. The topological polar surface area (TPSA) is 71.4 Å². The summed E-state index contributed by atoms with van der Waals surface area (Å²) in [5.74, 6) is 0.450. The molecule has 1 N–H and O–H groups in total. The van der Waals surface area contributed by atoms with Gasteiger partial charge in [0.15, 0.2) is 5.78 Å². The molecule has 0 amide bonds. The van der Waals surface area contributed by atoms with Crippen molar-refractivity contribution in [3.05, 3.63) is 107 Å². The average molecular weight is 497 g/mol. The number of carbonyl (C=O) groups is 1. The predicted molar refractivity (Wildman–Crippen MR) is 144 cm³/mol. The molecule has 0 aromatic heterocycles. The molecule has 0 saturated carbocycles. The Balaban J connectivity index is 1.35. The monoisotopic (exact) mass is 496 g/mol. The first kappa shape index (κ1) is 24.9. The second-order valence-corrected chi connectivity index (χ2v) is 9.73. The average Bonchev–Trinajstić information content (AvgIpc) is 2.94. The minimum Gasteiger partial charge on any atom is -0.486 e. The highest BCUT2D eigenvalue weighted by Gasteiger charge is 2.42. The van der Waals surface area contributed by atoms with Crippen LogP contribution in [0, 0.1) is 0 Å². The fourth-order valence-corrected chi connectivity index (χ4v) is 4.96. The molecule has 190 valence electrons. The van der Waals surface area contributed by atoms with Gasteiger partial charge in [0.1, 0.15) is 24.6 Å². The Bertz CT molecular complexity index is 1260. The number of aliphatic hydroxyl groups excluding tert-OH is 1. The molecule has 2 heterocycles. The van der Waals surface area contributed by atoms with Gasteiger partial charge in [0, 0.05) is 44.5 Å². The van der Waals surface area contributed by atoms with E-state index in [4.69, 9.17) is 14.7 Å². The fourth-order valence-electron chi connectivity index (χ4n) is 4.96. The lowest BCUT2D eigenvalue weighted by molar-refractivity contribution is -0.117. The van der Waals surface area contributed by atoms with Crippen LogP contribution < -0.4 is 4.74 Å². The van der Waals surface area contributed by atoms with E-state index >= 15 is 0 Å². The van der Waals surface area contributed by atoms with Gasteiger partial charge in [-0.1, -0.05) is 78.0 Å². The molecule has 0 bridgehead atoms. The standard InChI is InChI=1S/C31H32N2O4/c34-22-27(35)13-11-24-12-14-30-28(19-24)29(32-36-23-26-9-5-2-6-10-26)20-31(37-30)15-17-33(18-16-31)21-25-7-3-1-4-8-25/h1-14,19,34H,15-18,20-23H2/b13-11+,32-29-. The van der Waals surface area contributed by atoms with Gasteiger partial charge in [0.25, 0.3) is 0 Å². The Morgan fingerprint density at radius 3 is 2.41 bits per heavy atom. The van der Waals surface area contributed by atoms with Gasteiger partial charge in [-0.2, -0.15) is 0 Å². The number of ether oxygens (including phenoxy) is 1. The van der Waals surface area contributed by atoms with E-state index in [1.54, 1.807) is 6.08 Å². The lowest BCUT2D eigenvalue weighted by atomic mass is 9.81. The van der Waals surface area contributed by atoms with Crippen LogP contribution in [-0.4, -0.2) is 46.8 Å². The Labute approximate surface area is 217 Å². The number of hydrogen-bond acceptors (Lipinski definition) is 6. The van der Waals surface area contributed by atoms with Crippen LogP contribution in [0.4, 0.5) is 0 Å². The molecule has 1 saturated heterocycles. The van der Waals surface area contributed by atoms with Crippen LogP contribution in [0.1, 0.15) is 41.5 Å². The molecule has 0 atom stereocenters. The Morgan fingerprint density at radius 2 is 1.70 bits per heavy atom. The maximum absolute atomic E-state index is 11.5. The second-order valence-electron chi connectivity index (χ2n) is 9.73. The number of carbonyl (C=O) groups excluding carboxylic acids is 1.